The maximum atomic E-state index is 14.0. The predicted octanol–water partition coefficient (Wildman–Crippen LogP) is 4.83. The van der Waals surface area contributed by atoms with Crippen molar-refractivity contribution in [3.05, 3.63) is 124 Å². The number of hydrogen-bond donors (Lipinski definition) is 2. The van der Waals surface area contributed by atoms with Crippen LogP contribution in [0.5, 0.6) is 5.75 Å². The minimum absolute atomic E-state index is 0.0228. The fourth-order valence-electron chi connectivity index (χ4n) is 3.44. The normalized spacial score (nSPS) is 11.3. The number of aromatic hydroxyl groups is 1. The number of pyridine rings is 2. The maximum absolute atomic E-state index is 14.0. The van der Waals surface area contributed by atoms with Gasteiger partial charge in [-0.15, -0.1) is 0 Å². The van der Waals surface area contributed by atoms with E-state index in [0.29, 0.717) is 22.4 Å². The van der Waals surface area contributed by atoms with E-state index in [1.807, 2.05) is 0 Å². The lowest BCUT2D eigenvalue weighted by molar-refractivity contribution is 0.0937. The van der Waals surface area contributed by atoms with Crippen LogP contribution in [-0.2, 0) is 0 Å². The highest BCUT2D eigenvalue weighted by atomic mass is 19.1. The molecule has 1 amide bonds. The van der Waals surface area contributed by atoms with Gasteiger partial charge in [0, 0.05) is 28.6 Å². The molecular formula is C27H18F3N3O2. The molecule has 0 saturated heterocycles. The van der Waals surface area contributed by atoms with E-state index in [-0.39, 0.29) is 17.0 Å². The van der Waals surface area contributed by atoms with Crippen LogP contribution in [0.2, 0.25) is 0 Å². The van der Waals surface area contributed by atoms with E-state index in [4.69, 9.17) is 0 Å². The number of hydrogen-bond acceptors (Lipinski definition) is 4. The average molecular weight is 473 g/mol. The van der Waals surface area contributed by atoms with Crippen molar-refractivity contribution in [1.82, 2.24) is 15.3 Å². The summed E-state index contributed by atoms with van der Waals surface area (Å²) in [6.45, 7) is 1.68. The molecule has 2 aromatic carbocycles. The Morgan fingerprint density at radius 2 is 1.60 bits per heavy atom. The highest BCUT2D eigenvalue weighted by molar-refractivity contribution is 5.93. The molecule has 0 aliphatic heterocycles. The number of carbonyl (C=O) groups excluding carboxylic acids is 1. The molecule has 2 aromatic heterocycles. The van der Waals surface area contributed by atoms with Crippen molar-refractivity contribution in [1.29, 1.82) is 0 Å². The molecule has 0 spiro atoms. The molecule has 8 heteroatoms. The molecule has 4 aromatic rings. The summed E-state index contributed by atoms with van der Waals surface area (Å²) >= 11 is 0. The van der Waals surface area contributed by atoms with Crippen LogP contribution in [0.1, 0.15) is 44.5 Å². The number of benzene rings is 2. The second-order valence-electron chi connectivity index (χ2n) is 7.69. The summed E-state index contributed by atoms with van der Waals surface area (Å²) in [6.07, 6.45) is 2.48. The molecule has 0 radical (unpaired) electrons. The zero-order valence-corrected chi connectivity index (χ0v) is 18.4. The Morgan fingerprint density at radius 1 is 0.886 bits per heavy atom. The number of carbonyl (C=O) groups is 1. The molecule has 2 heterocycles. The van der Waals surface area contributed by atoms with Crippen LogP contribution >= 0.6 is 0 Å². The first kappa shape index (κ1) is 23.5. The molecule has 0 aliphatic carbocycles. The van der Waals surface area contributed by atoms with Gasteiger partial charge in [-0.05, 0) is 61.0 Å². The average Bonchev–Trinajstić information content (AvgIpc) is 2.83. The third kappa shape index (κ3) is 5.84. The van der Waals surface area contributed by atoms with E-state index in [1.54, 1.807) is 13.0 Å². The Bertz CT molecular complexity index is 1460. The van der Waals surface area contributed by atoms with E-state index in [0.717, 1.165) is 18.3 Å². The van der Waals surface area contributed by atoms with Crippen LogP contribution in [0, 0.1) is 36.2 Å². The lowest BCUT2D eigenvalue weighted by Gasteiger charge is -2.21. The van der Waals surface area contributed by atoms with Gasteiger partial charge in [0.25, 0.3) is 5.91 Å². The highest BCUT2D eigenvalue weighted by Crippen LogP contribution is 2.30. The number of aryl methyl sites for hydroxylation is 1. The number of nitrogens with zero attached hydrogens (tertiary/aromatic N) is 2. The number of aromatic nitrogens is 2. The van der Waals surface area contributed by atoms with Crippen molar-refractivity contribution >= 4 is 5.91 Å². The number of phenolic OH excluding ortho intramolecular Hbond substituents is 1. The van der Waals surface area contributed by atoms with E-state index in [2.05, 4.69) is 27.1 Å². The first-order valence-corrected chi connectivity index (χ1v) is 10.4. The first-order valence-electron chi connectivity index (χ1n) is 10.4. The van der Waals surface area contributed by atoms with Crippen LogP contribution in [0.4, 0.5) is 13.2 Å². The van der Waals surface area contributed by atoms with Gasteiger partial charge in [0.1, 0.15) is 28.9 Å². The van der Waals surface area contributed by atoms with Crippen molar-refractivity contribution in [2.75, 3.05) is 0 Å². The van der Waals surface area contributed by atoms with Crippen molar-refractivity contribution in [2.24, 2.45) is 0 Å². The Morgan fingerprint density at radius 3 is 2.34 bits per heavy atom. The van der Waals surface area contributed by atoms with Gasteiger partial charge in [-0.25, -0.2) is 18.2 Å². The van der Waals surface area contributed by atoms with Crippen LogP contribution in [0.3, 0.4) is 0 Å². The second kappa shape index (κ2) is 10.1. The van der Waals surface area contributed by atoms with Gasteiger partial charge in [0.15, 0.2) is 0 Å². The maximum Gasteiger partial charge on any atom is 0.270 e. The van der Waals surface area contributed by atoms with Crippen LogP contribution in [-0.4, -0.2) is 21.0 Å². The largest absolute Gasteiger partial charge is 0.508 e. The van der Waals surface area contributed by atoms with Gasteiger partial charge in [0.2, 0.25) is 0 Å². The van der Waals surface area contributed by atoms with Gasteiger partial charge < -0.3 is 10.4 Å². The third-order valence-corrected chi connectivity index (χ3v) is 5.02. The summed E-state index contributed by atoms with van der Waals surface area (Å²) in [7, 11) is 0. The van der Waals surface area contributed by atoms with Gasteiger partial charge in [-0.1, -0.05) is 24.0 Å². The van der Waals surface area contributed by atoms with E-state index >= 15 is 0 Å². The smallest absolute Gasteiger partial charge is 0.270 e. The molecule has 0 aliphatic rings. The van der Waals surface area contributed by atoms with Gasteiger partial charge >= 0.3 is 0 Å². The number of rotatable bonds is 4. The molecule has 4 rings (SSSR count). The van der Waals surface area contributed by atoms with Crippen molar-refractivity contribution in [2.45, 2.75) is 13.0 Å². The summed E-state index contributed by atoms with van der Waals surface area (Å²) < 4.78 is 40.8. The van der Waals surface area contributed by atoms with Gasteiger partial charge in [0.05, 0.1) is 12.2 Å². The molecule has 35 heavy (non-hydrogen) atoms. The van der Waals surface area contributed by atoms with Crippen LogP contribution in [0.15, 0.2) is 73.1 Å². The third-order valence-electron chi connectivity index (χ3n) is 5.02. The Hall–Kier alpha value is -4.64. The standard InChI is InChI=1S/C27H18F3N3O2/c1-16-10-17(2-3-18-11-22(30)15-31-14-18)12-24(32-16)27(35)33-26(19-4-6-20(28)7-5-19)23-13-21(29)8-9-25(23)34/h4-15,26,34H,1H3,(H,33,35). The fourth-order valence-corrected chi connectivity index (χ4v) is 3.44. The topological polar surface area (TPSA) is 75.1 Å². The number of amides is 1. The zero-order chi connectivity index (χ0) is 24.9. The molecule has 0 fully saturated rings. The molecule has 0 saturated carbocycles. The molecule has 0 bridgehead atoms. The monoisotopic (exact) mass is 473 g/mol. The summed E-state index contributed by atoms with van der Waals surface area (Å²) in [5.41, 5.74) is 1.87. The molecule has 1 atom stereocenters. The molecule has 5 nitrogen and oxygen atoms in total. The van der Waals surface area contributed by atoms with Gasteiger partial charge in [-0.2, -0.15) is 0 Å². The van der Waals surface area contributed by atoms with E-state index in [9.17, 15) is 23.1 Å². The van der Waals surface area contributed by atoms with E-state index < -0.39 is 29.4 Å². The summed E-state index contributed by atoms with van der Waals surface area (Å²) in [5, 5.41) is 13.1. The summed E-state index contributed by atoms with van der Waals surface area (Å²) in [6, 6.07) is 12.0. The number of nitrogens with one attached hydrogen (secondary N) is 1. The first-order chi connectivity index (χ1) is 16.8. The van der Waals surface area contributed by atoms with Crippen molar-refractivity contribution in [3.8, 4) is 17.6 Å². The molecule has 2 N–H and O–H groups in total. The molecule has 1 unspecified atom stereocenters. The number of phenols is 1. The van der Waals surface area contributed by atoms with Gasteiger partial charge in [-0.3, -0.25) is 9.78 Å². The quantitative estimate of drug-likeness (QED) is 0.417. The zero-order valence-electron chi connectivity index (χ0n) is 18.4. The minimum atomic E-state index is -0.992. The Kier molecular flexibility index (Phi) is 6.78. The lowest BCUT2D eigenvalue weighted by Crippen LogP contribution is -2.30. The predicted molar refractivity (Wildman–Crippen MR) is 123 cm³/mol. The summed E-state index contributed by atoms with van der Waals surface area (Å²) in [5.74, 6) is 3.16. The number of halogens is 3. The van der Waals surface area contributed by atoms with Crippen molar-refractivity contribution in [3.63, 3.8) is 0 Å². The highest BCUT2D eigenvalue weighted by Gasteiger charge is 2.22. The SMILES string of the molecule is Cc1cc(C#Cc2cncc(F)c2)cc(C(=O)NC(c2ccc(F)cc2)c2cc(F)ccc2O)n1. The van der Waals surface area contributed by atoms with Crippen LogP contribution < -0.4 is 5.32 Å². The molecule has 174 valence electrons. The Labute approximate surface area is 199 Å². The van der Waals surface area contributed by atoms with Crippen LogP contribution in [0.25, 0.3) is 0 Å². The fraction of sp³-hybridized carbons (Fsp3) is 0.0741. The molecular weight excluding hydrogens is 455 g/mol. The van der Waals surface area contributed by atoms with Crippen molar-refractivity contribution < 1.29 is 23.1 Å². The van der Waals surface area contributed by atoms with E-state index in [1.165, 1.54) is 48.7 Å². The Balaban J connectivity index is 1.68. The summed E-state index contributed by atoms with van der Waals surface area (Å²) in [4.78, 5) is 21.2. The second-order valence-corrected chi connectivity index (χ2v) is 7.69. The minimum Gasteiger partial charge on any atom is -0.508 e. The lowest BCUT2D eigenvalue weighted by atomic mass is 9.97.